The zero-order valence-corrected chi connectivity index (χ0v) is 11.7. The summed E-state index contributed by atoms with van der Waals surface area (Å²) in [5.74, 6) is 0.755. The summed E-state index contributed by atoms with van der Waals surface area (Å²) >= 11 is 0. The molecule has 0 radical (unpaired) electrons. The van der Waals surface area contributed by atoms with E-state index in [-0.39, 0.29) is 0 Å². The zero-order valence-electron chi connectivity index (χ0n) is 11.7. The van der Waals surface area contributed by atoms with E-state index in [0.29, 0.717) is 19.1 Å². The van der Waals surface area contributed by atoms with Crippen molar-refractivity contribution in [1.29, 1.82) is 0 Å². The Morgan fingerprint density at radius 1 is 1.40 bits per heavy atom. The first kappa shape index (κ1) is 13.2. The van der Waals surface area contributed by atoms with E-state index in [1.807, 2.05) is 43.7 Å². The lowest BCUT2D eigenvalue weighted by Gasteiger charge is -2.15. The Bertz CT molecular complexity index is 575. The topological polar surface area (TPSA) is 47.3 Å². The van der Waals surface area contributed by atoms with E-state index in [9.17, 15) is 5.11 Å². The summed E-state index contributed by atoms with van der Waals surface area (Å²) in [6.45, 7) is 2.45. The van der Waals surface area contributed by atoms with Gasteiger partial charge < -0.3 is 14.4 Å². The number of ether oxygens (including phenoxy) is 1. The van der Waals surface area contributed by atoms with E-state index in [1.165, 1.54) is 12.8 Å². The number of rotatable bonds is 6. The molecule has 1 aliphatic carbocycles. The Labute approximate surface area is 119 Å². The van der Waals surface area contributed by atoms with Crippen LogP contribution in [0.1, 0.15) is 49.6 Å². The van der Waals surface area contributed by atoms with Crippen molar-refractivity contribution in [2.24, 2.45) is 0 Å². The molecule has 3 rings (SSSR count). The van der Waals surface area contributed by atoms with E-state index in [0.717, 1.165) is 17.0 Å². The van der Waals surface area contributed by atoms with Gasteiger partial charge in [-0.25, -0.2) is 4.98 Å². The first-order valence-corrected chi connectivity index (χ1v) is 7.20. The number of aliphatic hydroxyl groups is 1. The number of aromatic nitrogens is 2. The molecule has 0 aliphatic heterocycles. The molecule has 1 fully saturated rings. The van der Waals surface area contributed by atoms with Crippen molar-refractivity contribution < 1.29 is 9.84 Å². The Morgan fingerprint density at radius 3 is 2.95 bits per heavy atom. The Balaban J connectivity index is 1.73. The smallest absolute Gasteiger partial charge is 0.130 e. The van der Waals surface area contributed by atoms with Gasteiger partial charge in [0.1, 0.15) is 12.4 Å². The molecule has 2 aromatic rings. The number of aliphatic hydroxyl groups excluding tert-OH is 1. The predicted molar refractivity (Wildman–Crippen MR) is 76.5 cm³/mol. The van der Waals surface area contributed by atoms with Crippen molar-refractivity contribution >= 4 is 0 Å². The summed E-state index contributed by atoms with van der Waals surface area (Å²) in [4.78, 5) is 4.20. The van der Waals surface area contributed by atoms with Gasteiger partial charge in [-0.2, -0.15) is 0 Å². The fraction of sp³-hybridized carbons (Fsp3) is 0.438. The molecule has 0 saturated heterocycles. The van der Waals surface area contributed by atoms with Gasteiger partial charge in [-0.15, -0.1) is 0 Å². The normalized spacial score (nSPS) is 16.1. The van der Waals surface area contributed by atoms with Gasteiger partial charge in [0, 0.05) is 11.6 Å². The molecule has 0 spiro atoms. The molecule has 1 atom stereocenters. The third-order valence-electron chi connectivity index (χ3n) is 3.73. The third kappa shape index (κ3) is 2.70. The van der Waals surface area contributed by atoms with Gasteiger partial charge in [0.05, 0.1) is 24.3 Å². The third-order valence-corrected chi connectivity index (χ3v) is 3.73. The monoisotopic (exact) mass is 272 g/mol. The fourth-order valence-electron chi connectivity index (χ4n) is 2.38. The van der Waals surface area contributed by atoms with E-state index in [4.69, 9.17) is 4.74 Å². The predicted octanol–water partition coefficient (Wildman–Crippen LogP) is 3.24. The van der Waals surface area contributed by atoms with Crippen LogP contribution in [0.5, 0.6) is 5.75 Å². The zero-order chi connectivity index (χ0) is 13.9. The number of hydrogen-bond donors (Lipinski definition) is 1. The van der Waals surface area contributed by atoms with Gasteiger partial charge in [0.2, 0.25) is 0 Å². The lowest BCUT2D eigenvalue weighted by molar-refractivity contribution is 0.166. The summed E-state index contributed by atoms with van der Waals surface area (Å²) in [5, 5.41) is 10.0. The van der Waals surface area contributed by atoms with Crippen molar-refractivity contribution in [3.8, 4) is 5.75 Å². The highest BCUT2D eigenvalue weighted by molar-refractivity contribution is 5.35. The van der Waals surface area contributed by atoms with Crippen LogP contribution in [0.15, 0.2) is 36.8 Å². The van der Waals surface area contributed by atoms with Crippen LogP contribution < -0.4 is 4.74 Å². The second kappa shape index (κ2) is 5.67. The first-order valence-electron chi connectivity index (χ1n) is 7.20. The lowest BCUT2D eigenvalue weighted by Crippen LogP contribution is -2.06. The van der Waals surface area contributed by atoms with Gasteiger partial charge in [-0.1, -0.05) is 25.1 Å². The average Bonchev–Trinajstić information content (AvgIpc) is 3.23. The Hall–Kier alpha value is -1.81. The molecule has 4 nitrogen and oxygen atoms in total. The maximum atomic E-state index is 10.0. The van der Waals surface area contributed by atoms with E-state index in [1.54, 1.807) is 0 Å². The molecule has 1 aliphatic rings. The number of imidazole rings is 1. The van der Waals surface area contributed by atoms with Crippen LogP contribution in [0, 0.1) is 0 Å². The second-order valence-corrected chi connectivity index (χ2v) is 5.27. The largest absolute Gasteiger partial charge is 0.487 e. The molecule has 106 valence electrons. The average molecular weight is 272 g/mol. The van der Waals surface area contributed by atoms with Crippen LogP contribution in [-0.4, -0.2) is 14.7 Å². The quantitative estimate of drug-likeness (QED) is 0.878. The van der Waals surface area contributed by atoms with E-state index >= 15 is 0 Å². The van der Waals surface area contributed by atoms with Gasteiger partial charge in [0.25, 0.3) is 0 Å². The Kier molecular flexibility index (Phi) is 3.74. The fourth-order valence-corrected chi connectivity index (χ4v) is 2.38. The molecule has 0 bridgehead atoms. The number of benzene rings is 1. The molecule has 20 heavy (non-hydrogen) atoms. The van der Waals surface area contributed by atoms with Crippen LogP contribution >= 0.6 is 0 Å². The van der Waals surface area contributed by atoms with Crippen LogP contribution in [0.3, 0.4) is 0 Å². The van der Waals surface area contributed by atoms with E-state index < -0.39 is 6.10 Å². The number of para-hydroxylation sites is 1. The second-order valence-electron chi connectivity index (χ2n) is 5.27. The summed E-state index contributed by atoms with van der Waals surface area (Å²) < 4.78 is 8.10. The highest BCUT2D eigenvalue weighted by Crippen LogP contribution is 2.36. The lowest BCUT2D eigenvalue weighted by atomic mass is 10.1. The molecule has 4 heteroatoms. The molecule has 1 saturated carbocycles. The van der Waals surface area contributed by atoms with Gasteiger partial charge >= 0.3 is 0 Å². The van der Waals surface area contributed by atoms with Crippen molar-refractivity contribution in [1.82, 2.24) is 9.55 Å². The maximum Gasteiger partial charge on any atom is 0.130 e. The minimum Gasteiger partial charge on any atom is -0.487 e. The number of hydrogen-bond acceptors (Lipinski definition) is 3. The van der Waals surface area contributed by atoms with Crippen LogP contribution in [0.25, 0.3) is 0 Å². The van der Waals surface area contributed by atoms with Crippen LogP contribution in [0.4, 0.5) is 0 Å². The van der Waals surface area contributed by atoms with Crippen LogP contribution in [0.2, 0.25) is 0 Å². The molecule has 1 aromatic carbocycles. The summed E-state index contributed by atoms with van der Waals surface area (Å²) in [5.41, 5.74) is 1.95. The minimum atomic E-state index is -0.473. The molecule has 1 N–H and O–H groups in total. The highest BCUT2D eigenvalue weighted by atomic mass is 16.5. The highest BCUT2D eigenvalue weighted by Gasteiger charge is 2.25. The van der Waals surface area contributed by atoms with Gasteiger partial charge in [-0.3, -0.25) is 0 Å². The van der Waals surface area contributed by atoms with Crippen molar-refractivity contribution in [2.75, 3.05) is 0 Å². The maximum absolute atomic E-state index is 10.0. The molecule has 1 aromatic heterocycles. The van der Waals surface area contributed by atoms with Crippen LogP contribution in [-0.2, 0) is 6.61 Å². The number of nitrogens with zero attached hydrogens (tertiary/aromatic N) is 2. The summed E-state index contributed by atoms with van der Waals surface area (Å²) in [6, 6.07) is 8.29. The Morgan fingerprint density at radius 2 is 2.20 bits per heavy atom. The molecule has 0 amide bonds. The van der Waals surface area contributed by atoms with Gasteiger partial charge in [0.15, 0.2) is 0 Å². The summed E-state index contributed by atoms with van der Waals surface area (Å²) in [7, 11) is 0. The molecular formula is C16H20N2O2. The first-order chi connectivity index (χ1) is 9.79. The minimum absolute atomic E-state index is 0.473. The van der Waals surface area contributed by atoms with Gasteiger partial charge in [-0.05, 0) is 25.3 Å². The standard InChI is InChI=1S/C16H20N2O2/c1-2-15(19)14-5-3-4-6-16(14)20-10-13-9-17-11-18(13)12-7-8-12/h3-6,9,11-12,15,19H,2,7-8,10H2,1H3/t15-/m0/s1. The molecule has 1 heterocycles. The van der Waals surface area contributed by atoms with Crippen molar-refractivity contribution in [2.45, 2.75) is 44.9 Å². The molecular weight excluding hydrogens is 252 g/mol. The van der Waals surface area contributed by atoms with Crippen molar-refractivity contribution in [3.05, 3.63) is 48.0 Å². The SMILES string of the molecule is CC[C@H](O)c1ccccc1OCc1cncn1C1CC1. The summed E-state index contributed by atoms with van der Waals surface area (Å²) in [6.07, 6.45) is 6.41. The van der Waals surface area contributed by atoms with Crippen molar-refractivity contribution in [3.63, 3.8) is 0 Å². The van der Waals surface area contributed by atoms with E-state index in [2.05, 4.69) is 9.55 Å². The molecule has 0 unspecified atom stereocenters.